The highest BCUT2D eigenvalue weighted by atomic mass is 16.2. The zero-order valence-electron chi connectivity index (χ0n) is 11.3. The molecule has 2 amide bonds. The molecule has 0 saturated carbocycles. The van der Waals surface area contributed by atoms with Crippen molar-refractivity contribution in [1.29, 1.82) is 0 Å². The van der Waals surface area contributed by atoms with Crippen molar-refractivity contribution in [1.82, 2.24) is 5.32 Å². The Morgan fingerprint density at radius 3 is 2.39 bits per heavy atom. The van der Waals surface area contributed by atoms with Crippen molar-refractivity contribution in [2.24, 2.45) is 0 Å². The Bertz CT molecular complexity index is 512. The largest absolute Gasteiger partial charge is 0.296 e. The van der Waals surface area contributed by atoms with Gasteiger partial charge in [-0.25, -0.2) is 0 Å². The molecule has 3 heteroatoms. The molecule has 1 unspecified atom stereocenters. The first-order chi connectivity index (χ1) is 8.29. The lowest BCUT2D eigenvalue weighted by Gasteiger charge is -2.22. The molecule has 0 bridgehead atoms. The highest BCUT2D eigenvalue weighted by Gasteiger charge is 2.33. The number of amides is 2. The van der Waals surface area contributed by atoms with Crippen LogP contribution in [0.4, 0.5) is 0 Å². The van der Waals surface area contributed by atoms with Crippen molar-refractivity contribution in [3.8, 4) is 0 Å². The maximum absolute atomic E-state index is 11.8. The van der Waals surface area contributed by atoms with E-state index >= 15 is 0 Å². The molecule has 1 saturated heterocycles. The van der Waals surface area contributed by atoms with E-state index in [4.69, 9.17) is 0 Å². The van der Waals surface area contributed by atoms with Gasteiger partial charge in [0.25, 0.3) is 0 Å². The van der Waals surface area contributed by atoms with Crippen LogP contribution in [0, 0.1) is 6.92 Å². The fourth-order valence-electron chi connectivity index (χ4n) is 2.29. The molecule has 0 aromatic heterocycles. The Kier molecular flexibility index (Phi) is 3.01. The molecule has 3 nitrogen and oxygen atoms in total. The van der Waals surface area contributed by atoms with Crippen LogP contribution in [0.1, 0.15) is 49.8 Å². The van der Waals surface area contributed by atoms with E-state index in [2.05, 4.69) is 38.2 Å². The first kappa shape index (κ1) is 12.8. The SMILES string of the molecule is Cc1ccc(C(C)(C)C)cc1C1CC(=O)NC1=O. The van der Waals surface area contributed by atoms with Crippen LogP contribution >= 0.6 is 0 Å². The number of hydrogen-bond acceptors (Lipinski definition) is 2. The number of carbonyl (C=O) groups excluding carboxylic acids is 2. The first-order valence-corrected chi connectivity index (χ1v) is 6.24. The standard InChI is InChI=1S/C15H19NO2/c1-9-5-6-10(15(2,3)4)7-11(9)12-8-13(17)16-14(12)18/h5-7,12H,8H2,1-4H3,(H,16,17,18). The summed E-state index contributed by atoms with van der Waals surface area (Å²) in [6, 6.07) is 6.19. The average molecular weight is 245 g/mol. The molecular formula is C15H19NO2. The van der Waals surface area contributed by atoms with Gasteiger partial charge >= 0.3 is 0 Å². The van der Waals surface area contributed by atoms with Gasteiger partial charge in [0.1, 0.15) is 0 Å². The van der Waals surface area contributed by atoms with Crippen LogP contribution in [-0.4, -0.2) is 11.8 Å². The van der Waals surface area contributed by atoms with Crippen LogP contribution < -0.4 is 5.32 Å². The van der Waals surface area contributed by atoms with Crippen LogP contribution in [0.2, 0.25) is 0 Å². The van der Waals surface area contributed by atoms with Crippen LogP contribution in [0.25, 0.3) is 0 Å². The molecule has 1 heterocycles. The number of hydrogen-bond donors (Lipinski definition) is 1. The lowest BCUT2D eigenvalue weighted by Crippen LogP contribution is -2.22. The second kappa shape index (κ2) is 4.23. The first-order valence-electron chi connectivity index (χ1n) is 6.24. The number of benzene rings is 1. The summed E-state index contributed by atoms with van der Waals surface area (Å²) in [4.78, 5) is 23.1. The summed E-state index contributed by atoms with van der Waals surface area (Å²) in [5, 5.41) is 2.37. The smallest absolute Gasteiger partial charge is 0.234 e. The van der Waals surface area contributed by atoms with Gasteiger partial charge in [0.15, 0.2) is 0 Å². The van der Waals surface area contributed by atoms with Crippen molar-refractivity contribution in [3.63, 3.8) is 0 Å². The molecule has 0 spiro atoms. The Labute approximate surface area is 108 Å². The van der Waals surface area contributed by atoms with Crippen LogP contribution in [0.5, 0.6) is 0 Å². The predicted molar refractivity (Wildman–Crippen MR) is 70.4 cm³/mol. The zero-order chi connectivity index (χ0) is 13.5. The summed E-state index contributed by atoms with van der Waals surface area (Å²) in [5.74, 6) is -0.667. The quantitative estimate of drug-likeness (QED) is 0.772. The van der Waals surface area contributed by atoms with Gasteiger partial charge in [-0.2, -0.15) is 0 Å². The lowest BCUT2D eigenvalue weighted by molar-refractivity contribution is -0.125. The van der Waals surface area contributed by atoms with E-state index in [-0.39, 0.29) is 29.6 Å². The number of imide groups is 1. The Morgan fingerprint density at radius 2 is 1.89 bits per heavy atom. The molecule has 2 rings (SSSR count). The van der Waals surface area contributed by atoms with Crippen LogP contribution in [0.15, 0.2) is 18.2 Å². The molecular weight excluding hydrogens is 226 g/mol. The highest BCUT2D eigenvalue weighted by molar-refractivity contribution is 6.06. The van der Waals surface area contributed by atoms with Crippen LogP contribution in [0.3, 0.4) is 0 Å². The molecule has 1 aliphatic heterocycles. The van der Waals surface area contributed by atoms with E-state index in [1.807, 2.05) is 13.0 Å². The third kappa shape index (κ3) is 2.30. The van der Waals surface area contributed by atoms with Gasteiger partial charge in [-0.05, 0) is 29.0 Å². The normalized spacial score (nSPS) is 20.1. The lowest BCUT2D eigenvalue weighted by atomic mass is 9.82. The van der Waals surface area contributed by atoms with E-state index < -0.39 is 0 Å². The molecule has 1 N–H and O–H groups in total. The van der Waals surface area contributed by atoms with E-state index in [1.54, 1.807) is 0 Å². The van der Waals surface area contributed by atoms with Gasteiger partial charge in [0.2, 0.25) is 11.8 Å². The predicted octanol–water partition coefficient (Wildman–Crippen LogP) is 2.42. The summed E-state index contributed by atoms with van der Waals surface area (Å²) in [5.41, 5.74) is 3.28. The molecule has 0 radical (unpaired) electrons. The Hall–Kier alpha value is -1.64. The van der Waals surface area contributed by atoms with E-state index in [0.717, 1.165) is 11.1 Å². The van der Waals surface area contributed by atoms with Gasteiger partial charge in [-0.3, -0.25) is 14.9 Å². The Balaban J connectivity index is 2.44. The highest BCUT2D eigenvalue weighted by Crippen LogP contribution is 2.31. The van der Waals surface area contributed by atoms with Crippen molar-refractivity contribution >= 4 is 11.8 Å². The summed E-state index contributed by atoms with van der Waals surface area (Å²) in [7, 11) is 0. The summed E-state index contributed by atoms with van der Waals surface area (Å²) in [6.07, 6.45) is 0.271. The second-order valence-electron chi connectivity index (χ2n) is 5.99. The van der Waals surface area contributed by atoms with Gasteiger partial charge < -0.3 is 0 Å². The van der Waals surface area contributed by atoms with Crippen molar-refractivity contribution in [2.45, 2.75) is 45.4 Å². The van der Waals surface area contributed by atoms with E-state index in [9.17, 15) is 9.59 Å². The van der Waals surface area contributed by atoms with Gasteiger partial charge in [0.05, 0.1) is 5.92 Å². The van der Waals surface area contributed by atoms with Crippen molar-refractivity contribution in [3.05, 3.63) is 34.9 Å². The minimum absolute atomic E-state index is 0.0432. The van der Waals surface area contributed by atoms with Crippen molar-refractivity contribution < 1.29 is 9.59 Å². The Morgan fingerprint density at radius 1 is 1.22 bits per heavy atom. The third-order valence-corrected chi connectivity index (χ3v) is 3.49. The number of carbonyl (C=O) groups is 2. The summed E-state index contributed by atoms with van der Waals surface area (Å²) in [6.45, 7) is 8.40. The summed E-state index contributed by atoms with van der Waals surface area (Å²) < 4.78 is 0. The number of nitrogens with one attached hydrogen (secondary N) is 1. The average Bonchev–Trinajstić information content (AvgIpc) is 2.56. The molecule has 1 atom stereocenters. The topological polar surface area (TPSA) is 46.2 Å². The molecule has 0 aliphatic carbocycles. The molecule has 1 aliphatic rings. The fourth-order valence-corrected chi connectivity index (χ4v) is 2.29. The monoisotopic (exact) mass is 245 g/mol. The van der Waals surface area contributed by atoms with Crippen molar-refractivity contribution in [2.75, 3.05) is 0 Å². The fraction of sp³-hybridized carbons (Fsp3) is 0.467. The molecule has 1 aromatic rings. The molecule has 96 valence electrons. The zero-order valence-corrected chi connectivity index (χ0v) is 11.3. The minimum Gasteiger partial charge on any atom is -0.296 e. The van der Waals surface area contributed by atoms with Gasteiger partial charge in [-0.15, -0.1) is 0 Å². The number of rotatable bonds is 1. The van der Waals surface area contributed by atoms with E-state index in [0.29, 0.717) is 0 Å². The molecule has 18 heavy (non-hydrogen) atoms. The molecule has 1 aromatic carbocycles. The van der Waals surface area contributed by atoms with Crippen LogP contribution in [-0.2, 0) is 15.0 Å². The number of aryl methyl sites for hydroxylation is 1. The van der Waals surface area contributed by atoms with Gasteiger partial charge in [0, 0.05) is 6.42 Å². The third-order valence-electron chi connectivity index (χ3n) is 3.49. The van der Waals surface area contributed by atoms with Gasteiger partial charge in [-0.1, -0.05) is 39.0 Å². The van der Waals surface area contributed by atoms with E-state index in [1.165, 1.54) is 5.56 Å². The minimum atomic E-state index is -0.320. The summed E-state index contributed by atoms with van der Waals surface area (Å²) >= 11 is 0. The second-order valence-corrected chi connectivity index (χ2v) is 5.99. The molecule has 1 fully saturated rings. The maximum atomic E-state index is 11.8. The maximum Gasteiger partial charge on any atom is 0.234 e.